The largest absolute Gasteiger partial charge is 0.534 e. The Kier molecular flexibility index (Phi) is 5.85. The minimum atomic E-state index is -6.06. The fourth-order valence-electron chi connectivity index (χ4n) is 2.24. The maximum Gasteiger partial charge on any atom is 0.534 e. The van der Waals surface area contributed by atoms with Crippen LogP contribution < -0.4 is 9.50 Å². The Labute approximate surface area is 150 Å². The zero-order valence-electron chi connectivity index (χ0n) is 13.6. The molecule has 27 heavy (non-hydrogen) atoms. The van der Waals surface area contributed by atoms with E-state index in [-0.39, 0.29) is 17.7 Å². The van der Waals surface area contributed by atoms with Crippen molar-refractivity contribution in [3.8, 4) is 16.9 Å². The first kappa shape index (κ1) is 20.8. The van der Waals surface area contributed by atoms with Crippen LogP contribution in [0.2, 0.25) is 0 Å². The van der Waals surface area contributed by atoms with Gasteiger partial charge in [-0.3, -0.25) is 4.79 Å². The molecule has 0 aliphatic rings. The maximum atomic E-state index is 14.1. The van der Waals surface area contributed by atoms with Gasteiger partial charge in [0.1, 0.15) is 17.9 Å². The van der Waals surface area contributed by atoms with E-state index < -0.39 is 44.1 Å². The molecule has 0 aromatic heterocycles. The minimum Gasteiger partial charge on any atom is -0.375 e. The van der Waals surface area contributed by atoms with Crippen molar-refractivity contribution in [1.82, 2.24) is 5.32 Å². The van der Waals surface area contributed by atoms with E-state index in [1.807, 2.05) is 0 Å². The molecular weight excluding hydrogens is 397 g/mol. The van der Waals surface area contributed by atoms with E-state index in [1.165, 1.54) is 7.05 Å². The van der Waals surface area contributed by atoms with E-state index in [9.17, 15) is 35.2 Å². The third-order valence-electron chi connectivity index (χ3n) is 3.44. The number of carbonyl (C=O) groups is 1. The number of carbonyl (C=O) groups excluding carboxylic acids is 1. The predicted molar refractivity (Wildman–Crippen MR) is 85.5 cm³/mol. The minimum absolute atomic E-state index is 0.0112. The summed E-state index contributed by atoms with van der Waals surface area (Å²) in [5.74, 6) is -2.99. The molecule has 2 aromatic carbocycles. The van der Waals surface area contributed by atoms with Crippen LogP contribution in [0, 0.1) is 11.6 Å². The van der Waals surface area contributed by atoms with Crippen molar-refractivity contribution >= 4 is 16.4 Å². The second-order valence-electron chi connectivity index (χ2n) is 5.30. The highest BCUT2D eigenvalue weighted by atomic mass is 32.2. The quantitative estimate of drug-likeness (QED) is 0.343. The van der Waals surface area contributed by atoms with Gasteiger partial charge in [0.15, 0.2) is 5.75 Å². The summed E-state index contributed by atoms with van der Waals surface area (Å²) in [5, 5.41) is 2.65. The standard InChI is InChI=1S/C16H12F5NO4S/c1-22-7-9-5-15(26-27(24,25)16(19,20)21)13(4-10(9)8-23)12-3-2-11(17)6-14(12)18/h2-6,8,22H,7H2,1H3. The highest BCUT2D eigenvalue weighted by molar-refractivity contribution is 7.88. The van der Waals surface area contributed by atoms with Crippen LogP contribution >= 0.6 is 0 Å². The van der Waals surface area contributed by atoms with Gasteiger partial charge < -0.3 is 9.50 Å². The number of benzene rings is 2. The van der Waals surface area contributed by atoms with Crippen LogP contribution in [-0.4, -0.2) is 27.3 Å². The lowest BCUT2D eigenvalue weighted by Crippen LogP contribution is -2.28. The zero-order chi connectivity index (χ0) is 20.4. The van der Waals surface area contributed by atoms with Gasteiger partial charge in [0.05, 0.1) is 0 Å². The Morgan fingerprint density at radius 3 is 2.30 bits per heavy atom. The van der Waals surface area contributed by atoms with E-state index in [0.717, 1.165) is 24.3 Å². The summed E-state index contributed by atoms with van der Waals surface area (Å²) in [6, 6.07) is 4.01. The highest BCUT2D eigenvalue weighted by Crippen LogP contribution is 2.37. The van der Waals surface area contributed by atoms with Crippen molar-refractivity contribution in [2.75, 3.05) is 7.05 Å². The first-order chi connectivity index (χ1) is 12.5. The first-order valence-corrected chi connectivity index (χ1v) is 8.64. The molecule has 0 spiro atoms. The van der Waals surface area contributed by atoms with E-state index >= 15 is 0 Å². The Morgan fingerprint density at radius 2 is 1.78 bits per heavy atom. The van der Waals surface area contributed by atoms with Gasteiger partial charge in [-0.05, 0) is 36.9 Å². The smallest absolute Gasteiger partial charge is 0.375 e. The number of aldehydes is 1. The van der Waals surface area contributed by atoms with Gasteiger partial charge in [-0.1, -0.05) is 0 Å². The molecule has 0 aliphatic carbocycles. The van der Waals surface area contributed by atoms with Gasteiger partial charge >= 0.3 is 15.6 Å². The molecule has 0 unspecified atom stereocenters. The third kappa shape index (κ3) is 4.42. The van der Waals surface area contributed by atoms with E-state index in [0.29, 0.717) is 12.4 Å². The number of halogens is 5. The van der Waals surface area contributed by atoms with Gasteiger partial charge in [-0.2, -0.15) is 21.6 Å². The molecule has 2 aromatic rings. The summed E-state index contributed by atoms with van der Waals surface area (Å²) in [6.45, 7) is -0.0112. The fourth-order valence-corrected chi connectivity index (χ4v) is 2.71. The Morgan fingerprint density at radius 1 is 1.11 bits per heavy atom. The monoisotopic (exact) mass is 409 g/mol. The van der Waals surface area contributed by atoms with E-state index in [4.69, 9.17) is 0 Å². The second-order valence-corrected chi connectivity index (χ2v) is 6.84. The molecule has 0 atom stereocenters. The lowest BCUT2D eigenvalue weighted by molar-refractivity contribution is -0.0499. The summed E-state index contributed by atoms with van der Waals surface area (Å²) in [5.41, 5.74) is -6.55. The second kappa shape index (κ2) is 7.61. The molecule has 146 valence electrons. The normalized spacial score (nSPS) is 12.1. The summed E-state index contributed by atoms with van der Waals surface area (Å²) >= 11 is 0. The third-order valence-corrected chi connectivity index (χ3v) is 4.41. The van der Waals surface area contributed by atoms with Crippen LogP contribution in [0.15, 0.2) is 30.3 Å². The average Bonchev–Trinajstić information content (AvgIpc) is 2.54. The number of alkyl halides is 3. The van der Waals surface area contributed by atoms with Crippen LogP contribution in [0.5, 0.6) is 5.75 Å². The fraction of sp³-hybridized carbons (Fsp3) is 0.188. The SMILES string of the molecule is CNCc1cc(OS(=O)(=O)C(F)(F)F)c(-c2ccc(F)cc2F)cc1C=O. The summed E-state index contributed by atoms with van der Waals surface area (Å²) < 4.78 is 92.2. The predicted octanol–water partition coefficient (Wildman–Crippen LogP) is 3.39. The van der Waals surface area contributed by atoms with Crippen molar-refractivity contribution in [1.29, 1.82) is 0 Å². The maximum absolute atomic E-state index is 14.1. The van der Waals surface area contributed by atoms with Crippen LogP contribution in [-0.2, 0) is 16.7 Å². The molecule has 0 bridgehead atoms. The molecule has 0 saturated heterocycles. The summed E-state index contributed by atoms with van der Waals surface area (Å²) in [6.07, 6.45) is 0.361. The molecular formula is C16H12F5NO4S. The molecule has 0 radical (unpaired) electrons. The lowest BCUT2D eigenvalue weighted by Gasteiger charge is -2.16. The van der Waals surface area contributed by atoms with Crippen LogP contribution in [0.1, 0.15) is 15.9 Å². The van der Waals surface area contributed by atoms with E-state index in [2.05, 4.69) is 9.50 Å². The Bertz CT molecular complexity index is 974. The summed E-state index contributed by atoms with van der Waals surface area (Å²) in [7, 11) is -4.58. The van der Waals surface area contributed by atoms with Crippen LogP contribution in [0.25, 0.3) is 11.1 Å². The number of hydrogen-bond acceptors (Lipinski definition) is 5. The van der Waals surface area contributed by atoms with Gasteiger partial charge in [-0.25, -0.2) is 8.78 Å². The first-order valence-electron chi connectivity index (χ1n) is 7.23. The number of rotatable bonds is 6. The Hall–Kier alpha value is -2.53. The molecule has 2 rings (SSSR count). The van der Waals surface area contributed by atoms with Crippen molar-refractivity contribution in [3.63, 3.8) is 0 Å². The molecule has 0 heterocycles. The molecule has 0 saturated carbocycles. The molecule has 0 aliphatic heterocycles. The van der Waals surface area contributed by atoms with Gasteiger partial charge in [0.25, 0.3) is 0 Å². The molecule has 5 nitrogen and oxygen atoms in total. The molecule has 1 N–H and O–H groups in total. The number of nitrogens with one attached hydrogen (secondary N) is 1. The highest BCUT2D eigenvalue weighted by Gasteiger charge is 2.49. The molecule has 11 heteroatoms. The van der Waals surface area contributed by atoms with Crippen molar-refractivity contribution < 1.29 is 39.3 Å². The van der Waals surface area contributed by atoms with Crippen molar-refractivity contribution in [2.24, 2.45) is 0 Å². The Balaban J connectivity index is 2.75. The van der Waals surface area contributed by atoms with Gasteiger partial charge in [-0.15, -0.1) is 0 Å². The lowest BCUT2D eigenvalue weighted by atomic mass is 9.98. The van der Waals surface area contributed by atoms with Gasteiger partial charge in [0.2, 0.25) is 0 Å². The topological polar surface area (TPSA) is 72.5 Å². The van der Waals surface area contributed by atoms with Crippen molar-refractivity contribution in [2.45, 2.75) is 12.1 Å². The van der Waals surface area contributed by atoms with E-state index in [1.54, 1.807) is 0 Å². The van der Waals surface area contributed by atoms with Crippen LogP contribution in [0.4, 0.5) is 22.0 Å². The zero-order valence-corrected chi connectivity index (χ0v) is 14.4. The van der Waals surface area contributed by atoms with Crippen LogP contribution in [0.3, 0.4) is 0 Å². The summed E-state index contributed by atoms with van der Waals surface area (Å²) in [4.78, 5) is 11.3. The van der Waals surface area contributed by atoms with Crippen molar-refractivity contribution in [3.05, 3.63) is 53.1 Å². The molecule has 0 fully saturated rings. The average molecular weight is 409 g/mol. The molecule has 0 amide bonds. The van der Waals surface area contributed by atoms with Gasteiger partial charge in [0, 0.05) is 29.3 Å². The number of hydrogen-bond donors (Lipinski definition) is 1.